The third-order valence-corrected chi connectivity index (χ3v) is 20.5. The van der Waals surface area contributed by atoms with Gasteiger partial charge >= 0.3 is 0 Å². The molecule has 0 aliphatic rings. The number of quaternary nitrogens is 2. The Labute approximate surface area is 598 Å². The average molecular weight is 1340 g/mol. The second-order valence-corrected chi connectivity index (χ2v) is 31.7. The highest BCUT2D eigenvalue weighted by molar-refractivity contribution is 5.44. The van der Waals surface area contributed by atoms with Gasteiger partial charge in [-0.05, 0) is 62.1 Å². The summed E-state index contributed by atoms with van der Waals surface area (Å²) in [6.45, 7) is 16.0. The minimum absolute atomic E-state index is 0.757. The molecule has 96 heavy (non-hydrogen) atoms. The van der Waals surface area contributed by atoms with E-state index >= 15 is 0 Å². The quantitative estimate of drug-likeness (QED) is 0.0417. The molecular weight excluding hydrogens is 1170 g/mol. The van der Waals surface area contributed by atoms with Gasteiger partial charge in [0.15, 0.2) is 23.0 Å². The number of unbranched alkanes of at least 4 members (excludes halogenated alkanes) is 52. The van der Waals surface area contributed by atoms with Crippen LogP contribution in [0.1, 0.15) is 410 Å². The zero-order chi connectivity index (χ0) is 68.8. The van der Waals surface area contributed by atoms with Gasteiger partial charge in [0, 0.05) is 22.3 Å². The smallest absolute Gasteiger partial charge is 0.161 e. The minimum Gasteiger partial charge on any atom is -0.490 e. The van der Waals surface area contributed by atoms with E-state index in [4.69, 9.17) is 18.9 Å². The molecule has 3 aromatic carbocycles. The average Bonchev–Trinajstić information content (AvgIpc) is 0.877. The minimum atomic E-state index is 0.757. The molecule has 0 unspecified atom stereocenters. The topological polar surface area (TPSA) is 36.9 Å². The zero-order valence-electron chi connectivity index (χ0n) is 65.6. The summed E-state index contributed by atoms with van der Waals surface area (Å²) in [5, 5.41) is 0. The van der Waals surface area contributed by atoms with E-state index in [2.05, 4.69) is 117 Å². The number of hydrogen-bond donors (Lipinski definition) is 0. The van der Waals surface area contributed by atoms with E-state index in [-0.39, 0.29) is 0 Å². The van der Waals surface area contributed by atoms with Crippen molar-refractivity contribution in [3.63, 3.8) is 0 Å². The Balaban J connectivity index is 1.53. The van der Waals surface area contributed by atoms with Gasteiger partial charge in [0.25, 0.3) is 0 Å². The van der Waals surface area contributed by atoms with E-state index < -0.39 is 0 Å². The van der Waals surface area contributed by atoms with E-state index in [0.717, 1.165) is 110 Å². The first-order valence-corrected chi connectivity index (χ1v) is 42.6. The molecule has 0 heterocycles. The fourth-order valence-corrected chi connectivity index (χ4v) is 14.5. The van der Waals surface area contributed by atoms with Gasteiger partial charge in [-0.3, -0.25) is 0 Å². The van der Waals surface area contributed by atoms with Crippen molar-refractivity contribution in [1.29, 1.82) is 0 Å². The molecule has 0 amide bonds. The van der Waals surface area contributed by atoms with Gasteiger partial charge in [-0.25, -0.2) is 0 Å². The van der Waals surface area contributed by atoms with Crippen molar-refractivity contribution < 1.29 is 27.9 Å². The lowest BCUT2D eigenvalue weighted by Gasteiger charge is -2.31. The van der Waals surface area contributed by atoms with Crippen LogP contribution in [0.15, 0.2) is 60.7 Å². The fraction of sp³-hybridized carbons (Fsp3) is 0.800. The van der Waals surface area contributed by atoms with Crippen molar-refractivity contribution in [2.45, 2.75) is 413 Å². The number of hydrogen-bond acceptors (Lipinski definition) is 4. The molecule has 0 bridgehead atoms. The number of rotatable bonds is 72. The molecule has 0 aromatic heterocycles. The Bertz CT molecular complexity index is 2000. The lowest BCUT2D eigenvalue weighted by molar-refractivity contribution is -0.917. The van der Waals surface area contributed by atoms with Crippen molar-refractivity contribution >= 4 is 0 Å². The first kappa shape index (κ1) is 87.0. The first-order valence-electron chi connectivity index (χ1n) is 42.6. The van der Waals surface area contributed by atoms with Crippen LogP contribution >= 0.6 is 0 Å². The summed E-state index contributed by atoms with van der Waals surface area (Å²) in [4.78, 5) is 0. The van der Waals surface area contributed by atoms with E-state index in [9.17, 15) is 0 Å². The maximum Gasteiger partial charge on any atom is 0.161 e. The summed E-state index contributed by atoms with van der Waals surface area (Å²) in [6.07, 6.45) is 76.5. The van der Waals surface area contributed by atoms with E-state index in [1.807, 2.05) is 0 Å². The Morgan fingerprint density at radius 2 is 0.344 bits per heavy atom. The summed E-state index contributed by atoms with van der Waals surface area (Å²) in [7, 11) is 9.49. The van der Waals surface area contributed by atoms with E-state index in [1.165, 1.54) is 356 Å². The zero-order valence-corrected chi connectivity index (χ0v) is 65.6. The normalized spacial score (nSPS) is 11.9. The molecule has 0 spiro atoms. The first-order chi connectivity index (χ1) is 47.1. The fourth-order valence-electron chi connectivity index (χ4n) is 14.5. The highest BCUT2D eigenvalue weighted by Crippen LogP contribution is 2.33. The van der Waals surface area contributed by atoms with Crippen LogP contribution in [-0.4, -0.2) is 63.6 Å². The van der Waals surface area contributed by atoms with Crippen molar-refractivity contribution in [2.24, 2.45) is 0 Å². The monoisotopic (exact) mass is 1340 g/mol. The van der Waals surface area contributed by atoms with Crippen LogP contribution < -0.4 is 18.9 Å². The standard InChI is InChI=1S/C90H162N2O4/c1-9-13-17-21-25-29-33-37-41-45-49-53-57-61-73-93-87-71-69-85(77-89(87)95-75-63-59-55-51-47-43-39-35-31-27-23-19-15-11-3)81-91(5,6)79-83-65-67-84(68-66-83)80-92(7,8)82-86-70-72-88(94-74-62-58-54-50-46-42-38-34-30-26-22-18-14-10-2)90(78-86)96-76-64-60-56-52-48-44-40-36-32-28-24-20-16-12-4/h65-72,77-78H,9-64,73-76,79-82H2,1-8H3/q+2. The number of benzene rings is 3. The van der Waals surface area contributed by atoms with Crippen LogP contribution in [-0.2, 0) is 26.2 Å². The number of nitrogens with zero attached hydrogens (tertiary/aromatic N) is 2. The molecule has 0 saturated heterocycles. The van der Waals surface area contributed by atoms with Crippen LogP contribution in [0.2, 0.25) is 0 Å². The molecule has 0 radical (unpaired) electrons. The summed E-state index contributed by atoms with van der Waals surface area (Å²) in [5.41, 5.74) is 5.37. The van der Waals surface area contributed by atoms with Gasteiger partial charge in [0.1, 0.15) is 26.2 Å². The third-order valence-electron chi connectivity index (χ3n) is 20.5. The largest absolute Gasteiger partial charge is 0.490 e. The number of ether oxygens (including phenoxy) is 4. The van der Waals surface area contributed by atoms with Gasteiger partial charge in [-0.15, -0.1) is 0 Å². The van der Waals surface area contributed by atoms with Gasteiger partial charge < -0.3 is 27.9 Å². The second kappa shape index (κ2) is 61.6. The molecule has 0 fully saturated rings. The molecular formula is C90H162N2O4+2. The molecule has 0 aliphatic carbocycles. The molecule has 6 nitrogen and oxygen atoms in total. The van der Waals surface area contributed by atoms with Crippen LogP contribution in [0.25, 0.3) is 0 Å². The molecule has 0 saturated carbocycles. The van der Waals surface area contributed by atoms with Gasteiger partial charge in [-0.2, -0.15) is 0 Å². The Morgan fingerprint density at radius 3 is 0.542 bits per heavy atom. The van der Waals surface area contributed by atoms with Crippen LogP contribution in [0.3, 0.4) is 0 Å². The van der Waals surface area contributed by atoms with E-state index in [0.29, 0.717) is 0 Å². The SMILES string of the molecule is CCCCCCCCCCCCCCCCOc1ccc(C[N+](C)(C)Cc2ccc(C[N+](C)(C)Cc3ccc(OCCCCCCCCCCCCCCCC)c(OCCCCCCCCCCCCCCCC)c3)cc2)cc1OCCCCCCCCCCCCCCCC. The molecule has 3 aromatic rings. The van der Waals surface area contributed by atoms with Gasteiger partial charge in [0.05, 0.1) is 54.6 Å². The van der Waals surface area contributed by atoms with Crippen molar-refractivity contribution in [3.05, 3.63) is 82.9 Å². The summed E-state index contributed by atoms with van der Waals surface area (Å²) in [5.74, 6) is 3.70. The summed E-state index contributed by atoms with van der Waals surface area (Å²) >= 11 is 0. The summed E-state index contributed by atoms with van der Waals surface area (Å²) < 4.78 is 28.1. The van der Waals surface area contributed by atoms with Crippen LogP contribution in [0.4, 0.5) is 0 Å². The Hall–Kier alpha value is -3.22. The summed E-state index contributed by atoms with van der Waals surface area (Å²) in [6, 6.07) is 23.1. The molecule has 0 atom stereocenters. The lowest BCUT2D eigenvalue weighted by atomic mass is 10.0. The Kier molecular flexibility index (Phi) is 55.9. The predicted molar refractivity (Wildman–Crippen MR) is 422 cm³/mol. The lowest BCUT2D eigenvalue weighted by Crippen LogP contribution is -2.38. The molecule has 554 valence electrons. The second-order valence-electron chi connectivity index (χ2n) is 31.7. The highest BCUT2D eigenvalue weighted by Gasteiger charge is 2.22. The van der Waals surface area contributed by atoms with Crippen LogP contribution in [0, 0.1) is 0 Å². The van der Waals surface area contributed by atoms with Crippen molar-refractivity contribution in [3.8, 4) is 23.0 Å². The molecule has 0 N–H and O–H groups in total. The van der Waals surface area contributed by atoms with Gasteiger partial charge in [0.2, 0.25) is 0 Å². The van der Waals surface area contributed by atoms with Crippen molar-refractivity contribution in [1.82, 2.24) is 0 Å². The van der Waals surface area contributed by atoms with Gasteiger partial charge in [-0.1, -0.05) is 386 Å². The highest BCUT2D eigenvalue weighted by atomic mass is 16.5. The predicted octanol–water partition coefficient (Wildman–Crippen LogP) is 28.7. The van der Waals surface area contributed by atoms with E-state index in [1.54, 1.807) is 0 Å². The molecule has 0 aliphatic heterocycles. The maximum atomic E-state index is 6.65. The Morgan fingerprint density at radius 1 is 0.188 bits per heavy atom. The maximum absolute atomic E-state index is 6.65. The van der Waals surface area contributed by atoms with Crippen molar-refractivity contribution in [2.75, 3.05) is 54.6 Å². The molecule has 6 heteroatoms. The third kappa shape index (κ3) is 50.2. The molecule has 3 rings (SSSR count). The van der Waals surface area contributed by atoms with Crippen LogP contribution in [0.5, 0.6) is 23.0 Å².